The van der Waals surface area contributed by atoms with E-state index in [-0.39, 0.29) is 40.8 Å². The fourth-order valence-electron chi connectivity index (χ4n) is 5.03. The van der Waals surface area contributed by atoms with E-state index in [0.29, 0.717) is 13.1 Å². The number of hydrogen-bond donors (Lipinski definition) is 1. The van der Waals surface area contributed by atoms with E-state index in [1.54, 1.807) is 0 Å². The molecule has 29 heavy (non-hydrogen) atoms. The second-order valence-corrected chi connectivity index (χ2v) is 9.85. The molecule has 0 spiro atoms. The molecule has 1 N–H and O–H groups in total. The van der Waals surface area contributed by atoms with Gasteiger partial charge in [0.2, 0.25) is 11.8 Å². The highest BCUT2D eigenvalue weighted by atomic mass is 19.1. The maximum absolute atomic E-state index is 13.3. The normalized spacial score (nSPS) is 23.2. The van der Waals surface area contributed by atoms with Crippen LogP contribution < -0.4 is 5.32 Å². The molecule has 2 aliphatic rings. The van der Waals surface area contributed by atoms with Crippen LogP contribution in [-0.4, -0.2) is 35.8 Å². The maximum atomic E-state index is 13.3. The summed E-state index contributed by atoms with van der Waals surface area (Å²) in [7, 11) is 0. The minimum absolute atomic E-state index is 0.0250. The van der Waals surface area contributed by atoms with Crippen LogP contribution in [0.3, 0.4) is 0 Å². The maximum Gasteiger partial charge on any atom is 0.245 e. The molecule has 2 unspecified atom stereocenters. The first kappa shape index (κ1) is 21.8. The molecule has 1 aromatic rings. The Balaban J connectivity index is 1.68. The lowest BCUT2D eigenvalue weighted by Gasteiger charge is -2.45. The smallest absolute Gasteiger partial charge is 0.245 e. The van der Waals surface area contributed by atoms with Gasteiger partial charge in [0.1, 0.15) is 11.9 Å². The van der Waals surface area contributed by atoms with Gasteiger partial charge < -0.3 is 10.2 Å². The number of hydrogen-bond acceptors (Lipinski definition) is 2. The summed E-state index contributed by atoms with van der Waals surface area (Å²) < 4.78 is 13.3. The number of nitrogens with one attached hydrogen (secondary N) is 1. The fourth-order valence-corrected chi connectivity index (χ4v) is 5.03. The molecule has 1 heterocycles. The van der Waals surface area contributed by atoms with E-state index in [4.69, 9.17) is 0 Å². The molecule has 4 nitrogen and oxygen atoms in total. The minimum Gasteiger partial charge on any atom is -0.344 e. The predicted octanol–water partition coefficient (Wildman–Crippen LogP) is 4.50. The first-order valence-electron chi connectivity index (χ1n) is 11.0. The van der Waals surface area contributed by atoms with Crippen LogP contribution in [0.4, 0.5) is 4.39 Å². The number of rotatable bonds is 5. The van der Waals surface area contributed by atoms with Gasteiger partial charge in [0.15, 0.2) is 0 Å². The molecule has 1 saturated carbocycles. The molecule has 2 fully saturated rings. The Kier molecular flexibility index (Phi) is 6.65. The van der Waals surface area contributed by atoms with Crippen molar-refractivity contribution in [1.82, 2.24) is 10.2 Å². The molecular formula is C24H35FN2O2. The topological polar surface area (TPSA) is 49.4 Å². The highest BCUT2D eigenvalue weighted by Crippen LogP contribution is 2.42. The van der Waals surface area contributed by atoms with Crippen molar-refractivity contribution in [3.8, 4) is 0 Å². The fraction of sp³-hybridized carbons (Fsp3) is 0.667. The quantitative estimate of drug-likeness (QED) is 0.788. The zero-order valence-corrected chi connectivity index (χ0v) is 18.2. The largest absolute Gasteiger partial charge is 0.344 e. The molecule has 5 heteroatoms. The van der Waals surface area contributed by atoms with Crippen molar-refractivity contribution < 1.29 is 14.0 Å². The van der Waals surface area contributed by atoms with Crippen molar-refractivity contribution in [3.05, 3.63) is 35.6 Å². The van der Waals surface area contributed by atoms with Gasteiger partial charge in [-0.2, -0.15) is 0 Å². The van der Waals surface area contributed by atoms with Crippen molar-refractivity contribution in [1.29, 1.82) is 0 Å². The van der Waals surface area contributed by atoms with E-state index in [1.807, 2.05) is 30.9 Å². The summed E-state index contributed by atoms with van der Waals surface area (Å²) in [6, 6.07) is 6.27. The van der Waals surface area contributed by atoms with Gasteiger partial charge in [-0.25, -0.2) is 4.39 Å². The zero-order chi connectivity index (χ0) is 21.2. The van der Waals surface area contributed by atoms with E-state index >= 15 is 0 Å². The van der Waals surface area contributed by atoms with Crippen molar-refractivity contribution in [2.75, 3.05) is 13.1 Å². The average Bonchev–Trinajstić information content (AvgIpc) is 3.20. The lowest BCUT2D eigenvalue weighted by Crippen LogP contribution is -2.56. The number of piperidine rings is 1. The Morgan fingerprint density at radius 3 is 2.28 bits per heavy atom. The molecule has 0 radical (unpaired) electrons. The Labute approximate surface area is 174 Å². The van der Waals surface area contributed by atoms with Crippen molar-refractivity contribution >= 4 is 11.8 Å². The van der Waals surface area contributed by atoms with Crippen LogP contribution in [0.15, 0.2) is 24.3 Å². The second kappa shape index (κ2) is 8.85. The van der Waals surface area contributed by atoms with Gasteiger partial charge in [0.25, 0.3) is 0 Å². The van der Waals surface area contributed by atoms with Crippen molar-refractivity contribution in [2.45, 2.75) is 71.8 Å². The average molecular weight is 403 g/mol. The van der Waals surface area contributed by atoms with Gasteiger partial charge in [-0.3, -0.25) is 9.59 Å². The van der Waals surface area contributed by atoms with Crippen molar-refractivity contribution in [2.24, 2.45) is 17.3 Å². The number of carbonyl (C=O) groups is 2. The van der Waals surface area contributed by atoms with E-state index in [0.717, 1.165) is 37.7 Å². The first-order chi connectivity index (χ1) is 13.7. The molecule has 0 bridgehead atoms. The second-order valence-electron chi connectivity index (χ2n) is 9.85. The number of benzene rings is 1. The van der Waals surface area contributed by atoms with Gasteiger partial charge in [-0.15, -0.1) is 0 Å². The Bertz CT molecular complexity index is 723. The molecule has 3 rings (SSSR count). The Morgan fingerprint density at radius 2 is 1.72 bits per heavy atom. The summed E-state index contributed by atoms with van der Waals surface area (Å²) in [6.07, 6.45) is 4.90. The number of likely N-dealkylation sites (tertiary alicyclic amines) is 1. The predicted molar refractivity (Wildman–Crippen MR) is 113 cm³/mol. The summed E-state index contributed by atoms with van der Waals surface area (Å²) in [6.45, 7) is 9.62. The molecule has 2 atom stereocenters. The highest BCUT2D eigenvalue weighted by Gasteiger charge is 2.41. The highest BCUT2D eigenvalue weighted by molar-refractivity contribution is 5.89. The van der Waals surface area contributed by atoms with Gasteiger partial charge in [0, 0.05) is 19.0 Å². The molecule has 1 aliphatic heterocycles. The van der Waals surface area contributed by atoms with E-state index in [9.17, 15) is 14.0 Å². The monoisotopic (exact) mass is 402 g/mol. The lowest BCUT2D eigenvalue weighted by atomic mass is 9.70. The number of carbonyl (C=O) groups excluding carboxylic acids is 2. The lowest BCUT2D eigenvalue weighted by molar-refractivity contribution is -0.141. The first-order valence-corrected chi connectivity index (χ1v) is 11.0. The molecule has 1 saturated heterocycles. The van der Waals surface area contributed by atoms with Gasteiger partial charge >= 0.3 is 0 Å². The van der Waals surface area contributed by atoms with E-state index in [1.165, 1.54) is 12.1 Å². The van der Waals surface area contributed by atoms with Crippen LogP contribution >= 0.6 is 0 Å². The van der Waals surface area contributed by atoms with Gasteiger partial charge in [-0.1, -0.05) is 52.7 Å². The van der Waals surface area contributed by atoms with E-state index < -0.39 is 6.04 Å². The molecule has 1 aromatic carbocycles. The van der Waals surface area contributed by atoms with Crippen LogP contribution in [0.5, 0.6) is 0 Å². The van der Waals surface area contributed by atoms with Crippen molar-refractivity contribution in [3.63, 3.8) is 0 Å². The summed E-state index contributed by atoms with van der Waals surface area (Å²) in [5.74, 6) is 0.220. The third kappa shape index (κ3) is 4.99. The molecular weight excluding hydrogens is 367 g/mol. The van der Waals surface area contributed by atoms with Crippen LogP contribution in [0.25, 0.3) is 0 Å². The third-order valence-corrected chi connectivity index (χ3v) is 6.77. The molecule has 0 aromatic heterocycles. The standard InChI is InChI=1S/C24H35FN2O2/c1-16(2)21(26-22(28)18-7-5-6-8-18)23(29)27-14-13-20(24(3,4)15-27)17-9-11-19(25)12-10-17/h9-12,16,18,20-21H,5-8,13-15H2,1-4H3,(H,26,28). The van der Waals surface area contributed by atoms with Gasteiger partial charge in [0.05, 0.1) is 0 Å². The SMILES string of the molecule is CC(C)C(NC(=O)C1CCCC1)C(=O)N1CCC(c2ccc(F)cc2)C(C)(C)C1. The van der Waals surface area contributed by atoms with Crippen LogP contribution in [0, 0.1) is 23.1 Å². The third-order valence-electron chi connectivity index (χ3n) is 6.77. The summed E-state index contributed by atoms with van der Waals surface area (Å²) >= 11 is 0. The number of nitrogens with zero attached hydrogens (tertiary/aromatic N) is 1. The zero-order valence-electron chi connectivity index (χ0n) is 18.2. The summed E-state index contributed by atoms with van der Waals surface area (Å²) in [5, 5.41) is 3.06. The van der Waals surface area contributed by atoms with Gasteiger partial charge in [-0.05, 0) is 54.2 Å². The Hall–Kier alpha value is -1.91. The number of amides is 2. The van der Waals surface area contributed by atoms with E-state index in [2.05, 4.69) is 19.2 Å². The van der Waals surface area contributed by atoms with Crippen LogP contribution in [0.2, 0.25) is 0 Å². The summed E-state index contributed by atoms with van der Waals surface area (Å²) in [5.41, 5.74) is 1.00. The Morgan fingerprint density at radius 1 is 1.10 bits per heavy atom. The molecule has 1 aliphatic carbocycles. The summed E-state index contributed by atoms with van der Waals surface area (Å²) in [4.78, 5) is 27.9. The van der Waals surface area contributed by atoms with Crippen LogP contribution in [0.1, 0.15) is 71.3 Å². The molecule has 2 amide bonds. The minimum atomic E-state index is -0.471. The van der Waals surface area contributed by atoms with Crippen LogP contribution in [-0.2, 0) is 9.59 Å². The number of halogens is 1. The molecule has 160 valence electrons.